The summed E-state index contributed by atoms with van der Waals surface area (Å²) in [6.45, 7) is 4.98. The number of methoxy groups -OCH3 is 1. The Kier molecular flexibility index (Phi) is 9.51. The molecule has 5 nitrogen and oxygen atoms in total. The van der Waals surface area contributed by atoms with Crippen LogP contribution in [-0.2, 0) is 12.1 Å². The van der Waals surface area contributed by atoms with Crippen molar-refractivity contribution >= 4 is 29.9 Å². The molecule has 0 spiro atoms. The van der Waals surface area contributed by atoms with Crippen molar-refractivity contribution in [2.75, 3.05) is 20.2 Å². The third-order valence-corrected chi connectivity index (χ3v) is 3.98. The zero-order valence-electron chi connectivity index (χ0n) is 15.8. The smallest absolute Gasteiger partial charge is 0.191 e. The van der Waals surface area contributed by atoms with Crippen LogP contribution in [0.2, 0.25) is 0 Å². The fourth-order valence-corrected chi connectivity index (χ4v) is 2.48. The fourth-order valence-electron chi connectivity index (χ4n) is 2.48. The van der Waals surface area contributed by atoms with Crippen molar-refractivity contribution in [3.8, 4) is 5.75 Å². The second kappa shape index (κ2) is 11.1. The van der Waals surface area contributed by atoms with E-state index in [1.165, 1.54) is 13.2 Å². The number of guanidine groups is 1. The van der Waals surface area contributed by atoms with Crippen LogP contribution in [0.25, 0.3) is 0 Å². The average Bonchev–Trinajstić information content (AvgIpc) is 2.65. The van der Waals surface area contributed by atoms with Crippen LogP contribution in [0.5, 0.6) is 5.75 Å². The van der Waals surface area contributed by atoms with Gasteiger partial charge in [0, 0.05) is 6.54 Å². The van der Waals surface area contributed by atoms with Crippen molar-refractivity contribution in [1.29, 1.82) is 0 Å². The molecule has 2 rings (SSSR count). The molecule has 0 aliphatic heterocycles. The number of halogens is 2. The summed E-state index contributed by atoms with van der Waals surface area (Å²) < 4.78 is 18.7. The van der Waals surface area contributed by atoms with E-state index in [0.29, 0.717) is 25.6 Å². The van der Waals surface area contributed by atoms with Crippen LogP contribution in [0, 0.1) is 5.82 Å². The van der Waals surface area contributed by atoms with Crippen molar-refractivity contribution in [3.05, 3.63) is 65.5 Å². The highest BCUT2D eigenvalue weighted by atomic mass is 127. The van der Waals surface area contributed by atoms with Gasteiger partial charge in [-0.3, -0.25) is 0 Å². The normalized spacial score (nSPS) is 13.3. The van der Waals surface area contributed by atoms with Crippen molar-refractivity contribution in [1.82, 2.24) is 10.6 Å². The summed E-state index contributed by atoms with van der Waals surface area (Å²) in [5.74, 6) is 0.353. The Balaban J connectivity index is 0.00000364. The molecular weight excluding hydrogens is 460 g/mol. The van der Waals surface area contributed by atoms with Gasteiger partial charge in [-0.15, -0.1) is 24.0 Å². The highest BCUT2D eigenvalue weighted by Crippen LogP contribution is 2.19. The number of hydrogen-bond donors (Lipinski definition) is 3. The van der Waals surface area contributed by atoms with Gasteiger partial charge < -0.3 is 20.5 Å². The third kappa shape index (κ3) is 6.99. The maximum atomic E-state index is 13.8. The first-order valence-electron chi connectivity index (χ1n) is 8.58. The van der Waals surface area contributed by atoms with Crippen LogP contribution in [-0.4, -0.2) is 31.3 Å². The topological polar surface area (TPSA) is 65.9 Å². The molecule has 2 aromatic carbocycles. The van der Waals surface area contributed by atoms with Gasteiger partial charge in [0.15, 0.2) is 17.5 Å². The van der Waals surface area contributed by atoms with Gasteiger partial charge >= 0.3 is 0 Å². The molecule has 0 aromatic heterocycles. The minimum absolute atomic E-state index is 0. The van der Waals surface area contributed by atoms with Gasteiger partial charge in [0.25, 0.3) is 0 Å². The van der Waals surface area contributed by atoms with E-state index >= 15 is 0 Å². The highest BCUT2D eigenvalue weighted by Gasteiger charge is 2.22. The molecule has 1 atom stereocenters. The molecule has 3 N–H and O–H groups in total. The van der Waals surface area contributed by atoms with Crippen LogP contribution in [0.15, 0.2) is 53.5 Å². The van der Waals surface area contributed by atoms with Crippen LogP contribution < -0.4 is 15.4 Å². The van der Waals surface area contributed by atoms with Crippen molar-refractivity contribution in [3.63, 3.8) is 0 Å². The minimum Gasteiger partial charge on any atom is -0.494 e. The summed E-state index contributed by atoms with van der Waals surface area (Å²) in [6, 6.07) is 14.2. The first-order valence-corrected chi connectivity index (χ1v) is 8.58. The number of nitrogens with one attached hydrogen (secondary N) is 2. The molecular formula is C20H27FIN3O2. The molecule has 27 heavy (non-hydrogen) atoms. The van der Waals surface area contributed by atoms with Gasteiger partial charge in [-0.2, -0.15) is 0 Å². The molecule has 0 aliphatic carbocycles. The first-order chi connectivity index (χ1) is 12.5. The number of nitrogens with zero attached hydrogens (tertiary/aromatic N) is 1. The van der Waals surface area contributed by atoms with E-state index in [2.05, 4.69) is 15.6 Å². The summed E-state index contributed by atoms with van der Waals surface area (Å²) in [5.41, 5.74) is 0.514. The van der Waals surface area contributed by atoms with Gasteiger partial charge in [0.1, 0.15) is 5.60 Å². The van der Waals surface area contributed by atoms with E-state index < -0.39 is 11.4 Å². The van der Waals surface area contributed by atoms with Crippen molar-refractivity contribution < 1.29 is 14.2 Å². The molecule has 1 unspecified atom stereocenters. The molecule has 0 amide bonds. The maximum absolute atomic E-state index is 13.8. The Bertz CT molecular complexity index is 739. The largest absolute Gasteiger partial charge is 0.494 e. The quantitative estimate of drug-likeness (QED) is 0.318. The molecule has 0 saturated carbocycles. The van der Waals surface area contributed by atoms with E-state index in [4.69, 9.17) is 4.74 Å². The third-order valence-electron chi connectivity index (χ3n) is 3.98. The van der Waals surface area contributed by atoms with Gasteiger partial charge in [0.2, 0.25) is 0 Å². The number of benzene rings is 2. The molecule has 0 radical (unpaired) electrons. The summed E-state index contributed by atoms with van der Waals surface area (Å²) in [6.07, 6.45) is 0. The fraction of sp³-hybridized carbons (Fsp3) is 0.350. The Morgan fingerprint density at radius 1 is 1.19 bits per heavy atom. The molecule has 7 heteroatoms. The van der Waals surface area contributed by atoms with Crippen LogP contribution in [0.1, 0.15) is 25.0 Å². The monoisotopic (exact) mass is 487 g/mol. The van der Waals surface area contributed by atoms with E-state index in [0.717, 1.165) is 11.1 Å². The lowest BCUT2D eigenvalue weighted by Crippen LogP contribution is -2.44. The highest BCUT2D eigenvalue weighted by molar-refractivity contribution is 14.0. The van der Waals surface area contributed by atoms with Crippen molar-refractivity contribution in [2.24, 2.45) is 4.99 Å². The van der Waals surface area contributed by atoms with Gasteiger partial charge in [-0.25, -0.2) is 9.38 Å². The Morgan fingerprint density at radius 2 is 1.89 bits per heavy atom. The maximum Gasteiger partial charge on any atom is 0.191 e. The number of ether oxygens (including phenoxy) is 1. The van der Waals surface area contributed by atoms with E-state index in [1.807, 2.05) is 37.3 Å². The summed E-state index contributed by atoms with van der Waals surface area (Å²) >= 11 is 0. The predicted octanol–water partition coefficient (Wildman–Crippen LogP) is 3.42. The molecule has 0 aliphatic rings. The Labute approximate surface area is 177 Å². The SMILES string of the molecule is CCNC(=NCc1ccc(OC)c(F)c1)NCC(C)(O)c1ccccc1.I. The van der Waals surface area contributed by atoms with Crippen LogP contribution in [0.4, 0.5) is 4.39 Å². The number of hydrogen-bond acceptors (Lipinski definition) is 3. The Morgan fingerprint density at radius 3 is 2.48 bits per heavy atom. The first kappa shape index (κ1) is 23.2. The number of aliphatic imine (C=N–C) groups is 1. The minimum atomic E-state index is -1.04. The lowest BCUT2D eigenvalue weighted by Gasteiger charge is -2.25. The zero-order valence-corrected chi connectivity index (χ0v) is 18.2. The standard InChI is InChI=1S/C20H26FN3O2.HI/c1-4-22-19(23-13-15-10-11-18(26-3)17(21)12-15)24-14-20(2,25)16-8-6-5-7-9-16;/h5-12,25H,4,13-14H2,1-3H3,(H2,22,23,24);1H. The van der Waals surface area contributed by atoms with E-state index in [-0.39, 0.29) is 29.7 Å². The molecule has 148 valence electrons. The van der Waals surface area contributed by atoms with E-state index in [1.54, 1.807) is 19.1 Å². The second-order valence-electron chi connectivity index (χ2n) is 6.16. The molecule has 0 fully saturated rings. The molecule has 0 saturated heterocycles. The molecule has 2 aromatic rings. The van der Waals surface area contributed by atoms with Crippen LogP contribution in [0.3, 0.4) is 0 Å². The lowest BCUT2D eigenvalue weighted by molar-refractivity contribution is 0.0617. The van der Waals surface area contributed by atoms with Crippen LogP contribution >= 0.6 is 24.0 Å². The zero-order chi connectivity index (χ0) is 19.0. The molecule has 0 heterocycles. The Hall–Kier alpha value is -1.87. The van der Waals surface area contributed by atoms with E-state index in [9.17, 15) is 9.50 Å². The number of aliphatic hydroxyl groups is 1. The van der Waals surface area contributed by atoms with Crippen molar-refractivity contribution in [2.45, 2.75) is 26.0 Å². The van der Waals surface area contributed by atoms with Gasteiger partial charge in [-0.05, 0) is 37.1 Å². The molecule has 0 bridgehead atoms. The summed E-state index contributed by atoms with van der Waals surface area (Å²) in [7, 11) is 1.43. The average molecular weight is 487 g/mol. The van der Waals surface area contributed by atoms with Gasteiger partial charge in [-0.1, -0.05) is 36.4 Å². The summed E-state index contributed by atoms with van der Waals surface area (Å²) in [5, 5.41) is 16.9. The number of rotatable bonds is 7. The summed E-state index contributed by atoms with van der Waals surface area (Å²) in [4.78, 5) is 4.45. The predicted molar refractivity (Wildman–Crippen MR) is 117 cm³/mol. The second-order valence-corrected chi connectivity index (χ2v) is 6.16. The van der Waals surface area contributed by atoms with Gasteiger partial charge in [0.05, 0.1) is 20.2 Å². The lowest BCUT2D eigenvalue weighted by atomic mass is 9.96.